The van der Waals surface area contributed by atoms with Gasteiger partial charge in [-0.05, 0) is 29.3 Å². The second-order valence-electron chi connectivity index (χ2n) is 7.88. The highest BCUT2D eigenvalue weighted by molar-refractivity contribution is 5.98. The van der Waals surface area contributed by atoms with Crippen LogP contribution < -0.4 is 10.6 Å². The van der Waals surface area contributed by atoms with Crippen LogP contribution in [0.4, 0.5) is 5.69 Å². The van der Waals surface area contributed by atoms with E-state index in [-0.39, 0.29) is 11.8 Å². The number of rotatable bonds is 6. The second kappa shape index (κ2) is 8.68. The molecular weight excluding hydrogens is 366 g/mol. The molecule has 7 nitrogen and oxygen atoms in total. The van der Waals surface area contributed by atoms with E-state index in [2.05, 4.69) is 20.7 Å². The smallest absolute Gasteiger partial charge is 0.251 e. The molecule has 150 valence electrons. The van der Waals surface area contributed by atoms with Gasteiger partial charge in [0.25, 0.3) is 5.91 Å². The molecular formula is C22H25N5O2. The molecule has 2 amide bonds. The van der Waals surface area contributed by atoms with E-state index >= 15 is 0 Å². The third-order valence-electron chi connectivity index (χ3n) is 4.35. The van der Waals surface area contributed by atoms with Gasteiger partial charge in [0.1, 0.15) is 12.7 Å². The van der Waals surface area contributed by atoms with E-state index in [1.165, 1.54) is 6.33 Å². The lowest BCUT2D eigenvalue weighted by molar-refractivity contribution is -0.123. The Balaban J connectivity index is 1.56. The van der Waals surface area contributed by atoms with Gasteiger partial charge in [0.05, 0.1) is 6.54 Å². The molecule has 3 aromatic rings. The third kappa shape index (κ3) is 5.75. The first-order valence-electron chi connectivity index (χ1n) is 9.41. The average molecular weight is 391 g/mol. The predicted molar refractivity (Wildman–Crippen MR) is 111 cm³/mol. The zero-order valence-electron chi connectivity index (χ0n) is 16.8. The highest BCUT2D eigenvalue weighted by Crippen LogP contribution is 2.18. The van der Waals surface area contributed by atoms with Gasteiger partial charge in [0.2, 0.25) is 5.91 Å². The van der Waals surface area contributed by atoms with E-state index in [0.717, 1.165) is 11.1 Å². The zero-order valence-corrected chi connectivity index (χ0v) is 16.8. The van der Waals surface area contributed by atoms with Crippen LogP contribution in [0.25, 0.3) is 0 Å². The first kappa shape index (κ1) is 20.3. The largest absolute Gasteiger partial charge is 0.348 e. The van der Waals surface area contributed by atoms with Crippen LogP contribution >= 0.6 is 0 Å². The van der Waals surface area contributed by atoms with Crippen molar-refractivity contribution in [3.05, 3.63) is 77.9 Å². The number of aromatic nitrogens is 3. The quantitative estimate of drug-likeness (QED) is 0.675. The summed E-state index contributed by atoms with van der Waals surface area (Å²) in [7, 11) is 0. The maximum Gasteiger partial charge on any atom is 0.251 e. The molecule has 0 unspecified atom stereocenters. The first-order valence-corrected chi connectivity index (χ1v) is 9.41. The molecule has 0 aliphatic heterocycles. The number of hydrogen-bond donors (Lipinski definition) is 2. The molecule has 0 spiro atoms. The molecule has 0 radical (unpaired) electrons. The van der Waals surface area contributed by atoms with Crippen molar-refractivity contribution in [2.45, 2.75) is 33.9 Å². The second-order valence-corrected chi connectivity index (χ2v) is 7.88. The van der Waals surface area contributed by atoms with Gasteiger partial charge in [-0.1, -0.05) is 51.1 Å². The van der Waals surface area contributed by atoms with Crippen molar-refractivity contribution in [1.29, 1.82) is 0 Å². The fourth-order valence-electron chi connectivity index (χ4n) is 2.61. The van der Waals surface area contributed by atoms with E-state index in [1.54, 1.807) is 35.3 Å². The maximum absolute atomic E-state index is 12.5. The van der Waals surface area contributed by atoms with Crippen molar-refractivity contribution in [2.75, 3.05) is 5.32 Å². The molecule has 2 N–H and O–H groups in total. The summed E-state index contributed by atoms with van der Waals surface area (Å²) in [5.41, 5.74) is 2.71. The number of anilines is 1. The lowest BCUT2D eigenvalue weighted by atomic mass is 9.95. The number of carbonyl (C=O) groups is 2. The van der Waals surface area contributed by atoms with Gasteiger partial charge in [0, 0.05) is 23.2 Å². The summed E-state index contributed by atoms with van der Waals surface area (Å²) in [5.74, 6) is -0.287. The SMILES string of the molecule is CC(C)(C)C(=O)Nc1cccc(C(=O)NCc2ccc(Cn3cncn3)cc2)c1. The molecule has 0 bridgehead atoms. The van der Waals surface area contributed by atoms with Crippen LogP contribution in [0.15, 0.2) is 61.2 Å². The summed E-state index contributed by atoms with van der Waals surface area (Å²) in [6, 6.07) is 14.9. The highest BCUT2D eigenvalue weighted by Gasteiger charge is 2.21. The number of nitrogens with zero attached hydrogens (tertiary/aromatic N) is 3. The van der Waals surface area contributed by atoms with E-state index in [0.29, 0.717) is 24.3 Å². The Morgan fingerprint density at radius 2 is 1.76 bits per heavy atom. The number of carbonyl (C=O) groups excluding carboxylic acids is 2. The monoisotopic (exact) mass is 391 g/mol. The summed E-state index contributed by atoms with van der Waals surface area (Å²) in [6.45, 7) is 6.60. The fourth-order valence-corrected chi connectivity index (χ4v) is 2.61. The van der Waals surface area contributed by atoms with Gasteiger partial charge in [-0.25, -0.2) is 9.67 Å². The van der Waals surface area contributed by atoms with Crippen LogP contribution in [-0.4, -0.2) is 26.6 Å². The molecule has 0 saturated carbocycles. The fraction of sp³-hybridized carbons (Fsp3) is 0.273. The molecule has 1 aromatic heterocycles. The Labute approximate surface area is 170 Å². The van der Waals surface area contributed by atoms with Gasteiger partial charge < -0.3 is 10.6 Å². The van der Waals surface area contributed by atoms with Crippen molar-refractivity contribution in [2.24, 2.45) is 5.41 Å². The van der Waals surface area contributed by atoms with Crippen LogP contribution in [0.5, 0.6) is 0 Å². The number of amides is 2. The highest BCUT2D eigenvalue weighted by atomic mass is 16.2. The standard InChI is InChI=1S/C22H25N5O2/c1-22(2,3)21(29)26-19-6-4-5-18(11-19)20(28)24-12-16-7-9-17(10-8-16)13-27-15-23-14-25-27/h4-11,14-15H,12-13H2,1-3H3,(H,24,28)(H,26,29). The molecule has 0 fully saturated rings. The Bertz CT molecular complexity index is 973. The lowest BCUT2D eigenvalue weighted by Gasteiger charge is -2.18. The molecule has 0 atom stereocenters. The summed E-state index contributed by atoms with van der Waals surface area (Å²) in [6.07, 6.45) is 3.18. The van der Waals surface area contributed by atoms with Gasteiger partial charge >= 0.3 is 0 Å². The summed E-state index contributed by atoms with van der Waals surface area (Å²) >= 11 is 0. The van der Waals surface area contributed by atoms with Gasteiger partial charge in [-0.15, -0.1) is 0 Å². The van der Waals surface area contributed by atoms with Gasteiger partial charge in [-0.2, -0.15) is 5.10 Å². The predicted octanol–water partition coefficient (Wildman–Crippen LogP) is 3.24. The average Bonchev–Trinajstić information content (AvgIpc) is 3.20. The van der Waals surface area contributed by atoms with E-state index < -0.39 is 5.41 Å². The molecule has 29 heavy (non-hydrogen) atoms. The molecule has 1 heterocycles. The molecule has 2 aromatic carbocycles. The van der Waals surface area contributed by atoms with E-state index in [9.17, 15) is 9.59 Å². The molecule has 0 aliphatic carbocycles. The van der Waals surface area contributed by atoms with Crippen molar-refractivity contribution in [3.8, 4) is 0 Å². The number of nitrogens with one attached hydrogen (secondary N) is 2. The van der Waals surface area contributed by atoms with Gasteiger partial charge in [-0.3, -0.25) is 9.59 Å². The van der Waals surface area contributed by atoms with Crippen LogP contribution in [0.1, 0.15) is 42.3 Å². The normalized spacial score (nSPS) is 11.1. The van der Waals surface area contributed by atoms with Crippen LogP contribution in [-0.2, 0) is 17.9 Å². The van der Waals surface area contributed by atoms with E-state index in [4.69, 9.17) is 0 Å². The Morgan fingerprint density at radius 1 is 1.03 bits per heavy atom. The van der Waals surface area contributed by atoms with E-state index in [1.807, 2.05) is 45.0 Å². The topological polar surface area (TPSA) is 88.9 Å². The van der Waals surface area contributed by atoms with Crippen molar-refractivity contribution in [1.82, 2.24) is 20.1 Å². The zero-order chi connectivity index (χ0) is 20.9. The maximum atomic E-state index is 12.5. The molecule has 7 heteroatoms. The van der Waals surface area contributed by atoms with Crippen LogP contribution in [0, 0.1) is 5.41 Å². The molecule has 3 rings (SSSR count). The minimum Gasteiger partial charge on any atom is -0.348 e. The summed E-state index contributed by atoms with van der Waals surface area (Å²) in [4.78, 5) is 28.6. The molecule has 0 aliphatic rings. The Hall–Kier alpha value is -3.48. The number of benzene rings is 2. The van der Waals surface area contributed by atoms with Crippen molar-refractivity contribution < 1.29 is 9.59 Å². The van der Waals surface area contributed by atoms with Gasteiger partial charge in [0.15, 0.2) is 0 Å². The summed E-state index contributed by atoms with van der Waals surface area (Å²) in [5, 5.41) is 9.84. The van der Waals surface area contributed by atoms with Crippen LogP contribution in [0.2, 0.25) is 0 Å². The Kier molecular flexibility index (Phi) is 6.07. The minimum absolute atomic E-state index is 0.0963. The first-order chi connectivity index (χ1) is 13.8. The van der Waals surface area contributed by atoms with Crippen molar-refractivity contribution in [3.63, 3.8) is 0 Å². The van der Waals surface area contributed by atoms with Crippen molar-refractivity contribution >= 4 is 17.5 Å². The minimum atomic E-state index is -0.502. The molecule has 0 saturated heterocycles. The summed E-state index contributed by atoms with van der Waals surface area (Å²) < 4.78 is 1.75. The number of hydrogen-bond acceptors (Lipinski definition) is 4. The lowest BCUT2D eigenvalue weighted by Crippen LogP contribution is -2.28. The van der Waals surface area contributed by atoms with Crippen LogP contribution in [0.3, 0.4) is 0 Å². The Morgan fingerprint density at radius 3 is 2.41 bits per heavy atom. The third-order valence-corrected chi connectivity index (χ3v) is 4.35.